The topological polar surface area (TPSA) is 29.5 Å². The number of alkyl halides is 3. The lowest BCUT2D eigenvalue weighted by Gasteiger charge is -2.13. The highest BCUT2D eigenvalue weighted by Gasteiger charge is 2.29. The maximum absolute atomic E-state index is 12.4. The van der Waals surface area contributed by atoms with E-state index in [0.717, 1.165) is 50.0 Å². The zero-order valence-electron chi connectivity index (χ0n) is 11.9. The van der Waals surface area contributed by atoms with Crippen molar-refractivity contribution in [2.75, 3.05) is 6.61 Å². The Hall–Kier alpha value is -1.07. The quantitative estimate of drug-likeness (QED) is 0.862. The average Bonchev–Trinajstić information content (AvgIpc) is 2.91. The number of aliphatic hydroxyl groups excluding tert-OH is 1. The lowest BCUT2D eigenvalue weighted by atomic mass is 10.0. The number of hydrogen-bond acceptors (Lipinski definition) is 2. The van der Waals surface area contributed by atoms with E-state index in [-0.39, 0.29) is 0 Å². The van der Waals surface area contributed by atoms with Crippen LogP contribution >= 0.6 is 0 Å². The summed E-state index contributed by atoms with van der Waals surface area (Å²) in [4.78, 5) is 0. The van der Waals surface area contributed by atoms with Crippen molar-refractivity contribution in [2.24, 2.45) is 0 Å². The van der Waals surface area contributed by atoms with Gasteiger partial charge in [-0.2, -0.15) is 13.2 Å². The molecule has 1 aromatic rings. The van der Waals surface area contributed by atoms with Crippen LogP contribution < -0.4 is 0 Å². The fourth-order valence-corrected chi connectivity index (χ4v) is 2.66. The van der Waals surface area contributed by atoms with Crippen molar-refractivity contribution in [2.45, 2.75) is 56.9 Å². The second kappa shape index (κ2) is 7.27. The van der Waals surface area contributed by atoms with Gasteiger partial charge in [-0.05, 0) is 56.2 Å². The first-order chi connectivity index (χ1) is 9.95. The van der Waals surface area contributed by atoms with Gasteiger partial charge in [0.2, 0.25) is 0 Å². The molecule has 0 saturated carbocycles. The standard InChI is InChI=1S/C16H21F3O2/c17-16(18,19)13-8-6-12(7-9-13)11-14(20)3-1-4-15-5-2-10-21-15/h6-9,14-15,20H,1-5,10-11H2. The van der Waals surface area contributed by atoms with Crippen LogP contribution in [0.5, 0.6) is 0 Å². The van der Waals surface area contributed by atoms with E-state index in [0.29, 0.717) is 18.9 Å². The van der Waals surface area contributed by atoms with E-state index in [1.54, 1.807) is 0 Å². The molecule has 0 aromatic heterocycles. The molecule has 1 fully saturated rings. The summed E-state index contributed by atoms with van der Waals surface area (Å²) in [6.45, 7) is 0.832. The Balaban J connectivity index is 1.73. The number of rotatable bonds is 6. The lowest BCUT2D eigenvalue weighted by Crippen LogP contribution is -2.13. The van der Waals surface area contributed by atoms with Gasteiger partial charge < -0.3 is 9.84 Å². The van der Waals surface area contributed by atoms with Crippen molar-refractivity contribution in [3.8, 4) is 0 Å². The Morgan fingerprint density at radius 1 is 1.24 bits per heavy atom. The average molecular weight is 302 g/mol. The van der Waals surface area contributed by atoms with Gasteiger partial charge in [-0.25, -0.2) is 0 Å². The smallest absolute Gasteiger partial charge is 0.393 e. The Bertz CT molecular complexity index is 422. The molecule has 1 N–H and O–H groups in total. The Labute approximate surface area is 122 Å². The molecule has 1 aliphatic heterocycles. The Morgan fingerprint density at radius 2 is 1.95 bits per heavy atom. The maximum atomic E-state index is 12.4. The van der Waals surface area contributed by atoms with Crippen LogP contribution in [0.3, 0.4) is 0 Å². The highest BCUT2D eigenvalue weighted by atomic mass is 19.4. The van der Waals surface area contributed by atoms with Gasteiger partial charge in [-0.15, -0.1) is 0 Å². The van der Waals surface area contributed by atoms with Gasteiger partial charge >= 0.3 is 6.18 Å². The van der Waals surface area contributed by atoms with Crippen LogP contribution in [0, 0.1) is 0 Å². The van der Waals surface area contributed by atoms with E-state index in [1.807, 2.05) is 0 Å². The molecule has 1 aromatic carbocycles. The summed E-state index contributed by atoms with van der Waals surface area (Å²) in [5.41, 5.74) is 0.0757. The van der Waals surface area contributed by atoms with Gasteiger partial charge in [0.25, 0.3) is 0 Å². The first kappa shape index (κ1) is 16.3. The molecule has 118 valence electrons. The predicted octanol–water partition coefficient (Wildman–Crippen LogP) is 3.96. The lowest BCUT2D eigenvalue weighted by molar-refractivity contribution is -0.137. The van der Waals surface area contributed by atoms with Crippen molar-refractivity contribution < 1.29 is 23.0 Å². The molecular weight excluding hydrogens is 281 g/mol. The minimum Gasteiger partial charge on any atom is -0.393 e. The van der Waals surface area contributed by atoms with Crippen molar-refractivity contribution >= 4 is 0 Å². The predicted molar refractivity (Wildman–Crippen MR) is 74.0 cm³/mol. The van der Waals surface area contributed by atoms with Gasteiger partial charge in [-0.3, -0.25) is 0 Å². The van der Waals surface area contributed by atoms with Crippen molar-refractivity contribution in [3.63, 3.8) is 0 Å². The van der Waals surface area contributed by atoms with E-state index < -0.39 is 17.8 Å². The van der Waals surface area contributed by atoms with Crippen LogP contribution in [0.15, 0.2) is 24.3 Å². The normalized spacial score (nSPS) is 20.7. The molecule has 2 atom stereocenters. The van der Waals surface area contributed by atoms with Crippen molar-refractivity contribution in [1.29, 1.82) is 0 Å². The third-order valence-corrected chi connectivity index (χ3v) is 3.84. The first-order valence-electron chi connectivity index (χ1n) is 7.41. The Kier molecular flexibility index (Phi) is 5.65. The molecule has 1 heterocycles. The van der Waals surface area contributed by atoms with Gasteiger partial charge in [-0.1, -0.05) is 12.1 Å². The van der Waals surface area contributed by atoms with E-state index in [9.17, 15) is 18.3 Å². The molecule has 5 heteroatoms. The van der Waals surface area contributed by atoms with Crippen LogP contribution in [0.2, 0.25) is 0 Å². The molecule has 1 saturated heterocycles. The molecule has 2 unspecified atom stereocenters. The number of halogens is 3. The third kappa shape index (κ3) is 5.32. The van der Waals surface area contributed by atoms with Gasteiger partial charge in [0.05, 0.1) is 17.8 Å². The molecule has 0 radical (unpaired) electrons. The molecular formula is C16H21F3O2. The molecule has 21 heavy (non-hydrogen) atoms. The second-order valence-corrected chi connectivity index (χ2v) is 5.62. The summed E-state index contributed by atoms with van der Waals surface area (Å²) in [5.74, 6) is 0. The third-order valence-electron chi connectivity index (χ3n) is 3.84. The summed E-state index contributed by atoms with van der Waals surface area (Å²) < 4.78 is 42.8. The SMILES string of the molecule is OC(CCCC1CCCO1)Cc1ccc(C(F)(F)F)cc1. The zero-order valence-corrected chi connectivity index (χ0v) is 11.9. The summed E-state index contributed by atoms with van der Waals surface area (Å²) >= 11 is 0. The van der Waals surface area contributed by atoms with Crippen LogP contribution in [-0.2, 0) is 17.3 Å². The van der Waals surface area contributed by atoms with Crippen LogP contribution in [-0.4, -0.2) is 23.9 Å². The maximum Gasteiger partial charge on any atom is 0.416 e. The van der Waals surface area contributed by atoms with Gasteiger partial charge in [0.1, 0.15) is 0 Å². The van der Waals surface area contributed by atoms with E-state index in [1.165, 1.54) is 12.1 Å². The fraction of sp³-hybridized carbons (Fsp3) is 0.625. The molecule has 2 nitrogen and oxygen atoms in total. The van der Waals surface area contributed by atoms with Gasteiger partial charge in [0, 0.05) is 6.61 Å². The van der Waals surface area contributed by atoms with Crippen LogP contribution in [0.1, 0.15) is 43.2 Å². The number of hydrogen-bond donors (Lipinski definition) is 1. The minimum atomic E-state index is -4.31. The summed E-state index contributed by atoms with van der Waals surface area (Å²) in [5, 5.41) is 9.94. The summed E-state index contributed by atoms with van der Waals surface area (Å²) in [6, 6.07) is 5.00. The highest BCUT2D eigenvalue weighted by Crippen LogP contribution is 2.29. The number of ether oxygens (including phenoxy) is 1. The second-order valence-electron chi connectivity index (χ2n) is 5.62. The van der Waals surface area contributed by atoms with Crippen molar-refractivity contribution in [1.82, 2.24) is 0 Å². The fourth-order valence-electron chi connectivity index (χ4n) is 2.66. The molecule has 0 amide bonds. The molecule has 2 rings (SSSR count). The monoisotopic (exact) mass is 302 g/mol. The zero-order chi connectivity index (χ0) is 15.3. The largest absolute Gasteiger partial charge is 0.416 e. The minimum absolute atomic E-state index is 0.322. The first-order valence-corrected chi connectivity index (χ1v) is 7.41. The molecule has 1 aliphatic rings. The van der Waals surface area contributed by atoms with E-state index in [2.05, 4.69) is 0 Å². The number of benzene rings is 1. The van der Waals surface area contributed by atoms with Crippen LogP contribution in [0.4, 0.5) is 13.2 Å². The molecule has 0 spiro atoms. The van der Waals surface area contributed by atoms with E-state index in [4.69, 9.17) is 4.74 Å². The molecule has 0 bridgehead atoms. The van der Waals surface area contributed by atoms with Gasteiger partial charge in [0.15, 0.2) is 0 Å². The summed E-state index contributed by atoms with van der Waals surface area (Å²) in [6.07, 6.45) is 0.583. The van der Waals surface area contributed by atoms with Crippen LogP contribution in [0.25, 0.3) is 0 Å². The van der Waals surface area contributed by atoms with Crippen molar-refractivity contribution in [3.05, 3.63) is 35.4 Å². The number of aliphatic hydroxyl groups is 1. The highest BCUT2D eigenvalue weighted by molar-refractivity contribution is 5.25. The van der Waals surface area contributed by atoms with E-state index >= 15 is 0 Å². The summed E-state index contributed by atoms with van der Waals surface area (Å²) in [7, 11) is 0. The molecule has 0 aliphatic carbocycles. The Morgan fingerprint density at radius 3 is 2.52 bits per heavy atom.